The summed E-state index contributed by atoms with van der Waals surface area (Å²) < 4.78 is 0. The molecule has 3 N–H and O–H groups in total. The average Bonchev–Trinajstić information content (AvgIpc) is 1.36. The Morgan fingerprint density at radius 1 is 1.50 bits per heavy atom. The first-order valence-electron chi connectivity index (χ1n) is 1.23. The highest BCUT2D eigenvalue weighted by atomic mass is 16.4. The molecular weight excluding hydrogens is 86.8 g/mol. The third kappa shape index (κ3) is 1.74. The highest BCUT2D eigenvalue weighted by Crippen LogP contribution is 1.66. The van der Waals surface area contributed by atoms with Gasteiger partial charge in [-0.15, -0.1) is 0 Å². The van der Waals surface area contributed by atoms with Crippen LogP contribution in [0.1, 0.15) is 0 Å². The Morgan fingerprint density at radius 2 is 1.67 bits per heavy atom. The van der Waals surface area contributed by atoms with Gasteiger partial charge in [0.1, 0.15) is 0 Å². The number of hydrogen-bond donors (Lipinski definition) is 3. The predicted molar refractivity (Wildman–Crippen MR) is 18.2 cm³/mol. The Kier molecular flexibility index (Phi) is 1.62. The van der Waals surface area contributed by atoms with E-state index in [4.69, 9.17) is 15.2 Å². The molecule has 0 aliphatic carbocycles. The molecule has 0 bridgehead atoms. The van der Waals surface area contributed by atoms with Crippen molar-refractivity contribution in [1.82, 2.24) is 0 Å². The van der Waals surface area contributed by atoms with Crippen LogP contribution in [0, 0.1) is 0 Å². The Bertz CT molecular complexity index is 58.6. The van der Waals surface area contributed by atoms with E-state index in [9.17, 15) is 4.79 Å². The van der Waals surface area contributed by atoms with Gasteiger partial charge < -0.3 is 15.2 Å². The van der Waals surface area contributed by atoms with Gasteiger partial charge in [0, 0.05) is 0 Å². The second-order valence-electron chi connectivity index (χ2n) is 0.712. The molecule has 0 unspecified atom stereocenters. The van der Waals surface area contributed by atoms with E-state index in [2.05, 4.69) is 0 Å². The van der Waals surface area contributed by atoms with Gasteiger partial charge in [0.05, 0.1) is 0 Å². The largest absolute Gasteiger partial charge is 0.578 e. The molecule has 6 heavy (non-hydrogen) atoms. The third-order valence-electron chi connectivity index (χ3n) is 0.221. The quantitative estimate of drug-likeness (QED) is 0.350. The Hall–Kier alpha value is -0.545. The molecule has 0 spiro atoms. The molecule has 0 amide bonds. The third-order valence-corrected chi connectivity index (χ3v) is 0.221. The van der Waals surface area contributed by atoms with Gasteiger partial charge >= 0.3 is 13.0 Å². The first-order valence-corrected chi connectivity index (χ1v) is 1.23. The molecule has 0 aromatic rings. The lowest BCUT2D eigenvalue weighted by Gasteiger charge is -1.81. The summed E-state index contributed by atoms with van der Waals surface area (Å²) in [6.07, 6.45) is 0. The standard InChI is InChI=1S/CH3BO4/c3-1(4)2(5)6/h5-6H,(H,3,4). The van der Waals surface area contributed by atoms with Gasteiger partial charge in [-0.2, -0.15) is 0 Å². The van der Waals surface area contributed by atoms with E-state index in [-0.39, 0.29) is 0 Å². The molecule has 0 aromatic heterocycles. The van der Waals surface area contributed by atoms with Crippen LogP contribution in [0.25, 0.3) is 0 Å². The minimum atomic E-state index is -2.23. The van der Waals surface area contributed by atoms with E-state index in [1.165, 1.54) is 0 Å². The van der Waals surface area contributed by atoms with Crippen LogP contribution in [0.5, 0.6) is 0 Å². The van der Waals surface area contributed by atoms with Crippen LogP contribution >= 0.6 is 0 Å². The van der Waals surface area contributed by atoms with E-state index in [1.807, 2.05) is 0 Å². The SMILES string of the molecule is O=C(O)B(O)O. The maximum Gasteiger partial charge on any atom is 0.578 e. The van der Waals surface area contributed by atoms with E-state index < -0.39 is 13.0 Å². The number of rotatable bonds is 1. The normalized spacial score (nSPS) is 7.67. The molecule has 0 aliphatic rings. The Labute approximate surface area is 34.2 Å². The molecule has 0 fully saturated rings. The first-order chi connectivity index (χ1) is 2.64. The summed E-state index contributed by atoms with van der Waals surface area (Å²) in [5.41, 5.74) is 0. The zero-order valence-corrected chi connectivity index (χ0v) is 2.83. The van der Waals surface area contributed by atoms with Crippen molar-refractivity contribution in [1.29, 1.82) is 0 Å². The predicted octanol–water partition coefficient (Wildman–Crippen LogP) is -1.28. The molecule has 4 nitrogen and oxygen atoms in total. The number of hydrogen-bond acceptors (Lipinski definition) is 3. The van der Waals surface area contributed by atoms with Crippen molar-refractivity contribution in [3.8, 4) is 0 Å². The van der Waals surface area contributed by atoms with Crippen molar-refractivity contribution in [2.75, 3.05) is 0 Å². The summed E-state index contributed by atoms with van der Waals surface area (Å²) in [5, 5.41) is 22.7. The topological polar surface area (TPSA) is 77.8 Å². The molecule has 0 aliphatic heterocycles. The van der Waals surface area contributed by atoms with Crippen LogP contribution in [-0.2, 0) is 0 Å². The van der Waals surface area contributed by atoms with Crippen LogP contribution in [-0.4, -0.2) is 28.1 Å². The van der Waals surface area contributed by atoms with Crippen LogP contribution in [0.3, 0.4) is 0 Å². The summed E-state index contributed by atoms with van der Waals surface area (Å²) in [5.74, 6) is -1.63. The highest BCUT2D eigenvalue weighted by Gasteiger charge is 2.16. The van der Waals surface area contributed by atoms with Crippen molar-refractivity contribution in [2.45, 2.75) is 0 Å². The molecule has 34 valence electrons. The minimum Gasteiger partial charge on any atom is -0.484 e. The molecule has 5 heteroatoms. The minimum absolute atomic E-state index is 1.63. The zero-order valence-electron chi connectivity index (χ0n) is 2.83. The molecule has 0 saturated heterocycles. The summed E-state index contributed by atoms with van der Waals surface area (Å²) in [4.78, 5) is 9.20. The van der Waals surface area contributed by atoms with Crippen molar-refractivity contribution < 1.29 is 19.9 Å². The molecule has 0 aromatic carbocycles. The molecule has 0 heterocycles. The monoisotopic (exact) mass is 90.0 g/mol. The van der Waals surface area contributed by atoms with Crippen LogP contribution < -0.4 is 0 Å². The average molecular weight is 89.8 g/mol. The summed E-state index contributed by atoms with van der Waals surface area (Å²) in [6, 6.07) is 0. The number of carbonyl (C=O) groups is 1. The molecule has 0 saturated carbocycles. The van der Waals surface area contributed by atoms with Crippen molar-refractivity contribution >= 4 is 13.0 Å². The van der Waals surface area contributed by atoms with Gasteiger partial charge in [0.15, 0.2) is 0 Å². The summed E-state index contributed by atoms with van der Waals surface area (Å²) in [7, 11) is -2.23. The zero-order chi connectivity index (χ0) is 5.15. The fourth-order valence-electron chi connectivity index (χ4n) is 0. The summed E-state index contributed by atoms with van der Waals surface area (Å²) in [6.45, 7) is 0. The molecular formula is CH3BO4. The fourth-order valence-corrected chi connectivity index (χ4v) is 0. The van der Waals surface area contributed by atoms with Gasteiger partial charge in [-0.05, 0) is 0 Å². The van der Waals surface area contributed by atoms with Crippen molar-refractivity contribution in [2.24, 2.45) is 0 Å². The maximum absolute atomic E-state index is 9.20. The smallest absolute Gasteiger partial charge is 0.484 e. The van der Waals surface area contributed by atoms with Crippen molar-refractivity contribution in [3.05, 3.63) is 0 Å². The van der Waals surface area contributed by atoms with E-state index in [1.54, 1.807) is 0 Å². The van der Waals surface area contributed by atoms with Crippen LogP contribution in [0.4, 0.5) is 4.79 Å². The Morgan fingerprint density at radius 3 is 1.67 bits per heavy atom. The van der Waals surface area contributed by atoms with Gasteiger partial charge in [-0.3, -0.25) is 4.79 Å². The van der Waals surface area contributed by atoms with E-state index >= 15 is 0 Å². The lowest BCUT2D eigenvalue weighted by Crippen LogP contribution is -2.22. The van der Waals surface area contributed by atoms with Crippen molar-refractivity contribution in [3.63, 3.8) is 0 Å². The summed E-state index contributed by atoms with van der Waals surface area (Å²) >= 11 is 0. The lowest BCUT2D eigenvalue weighted by molar-refractivity contribution is 0.207. The molecule has 0 atom stereocenters. The van der Waals surface area contributed by atoms with E-state index in [0.29, 0.717) is 0 Å². The van der Waals surface area contributed by atoms with Gasteiger partial charge in [-0.1, -0.05) is 0 Å². The maximum atomic E-state index is 9.20. The second-order valence-corrected chi connectivity index (χ2v) is 0.712. The second kappa shape index (κ2) is 1.79. The van der Waals surface area contributed by atoms with Gasteiger partial charge in [0.2, 0.25) is 0 Å². The molecule has 0 rings (SSSR count). The highest BCUT2D eigenvalue weighted by molar-refractivity contribution is 6.76. The number of carboxylic acid groups (broad SMARTS) is 1. The Balaban J connectivity index is 3.26. The van der Waals surface area contributed by atoms with Gasteiger partial charge in [0.25, 0.3) is 0 Å². The first kappa shape index (κ1) is 5.45. The van der Waals surface area contributed by atoms with E-state index in [0.717, 1.165) is 0 Å². The van der Waals surface area contributed by atoms with Crippen LogP contribution in [0.2, 0.25) is 0 Å². The van der Waals surface area contributed by atoms with Gasteiger partial charge in [-0.25, -0.2) is 0 Å². The lowest BCUT2D eigenvalue weighted by atomic mass is 9.94. The molecule has 0 radical (unpaired) electrons. The fraction of sp³-hybridized carbons (Fsp3) is 0. The van der Waals surface area contributed by atoms with Crippen LogP contribution in [0.15, 0.2) is 0 Å².